The predicted octanol–water partition coefficient (Wildman–Crippen LogP) is 2.84. The first-order valence-electron chi connectivity index (χ1n) is 9.86. The van der Waals surface area contributed by atoms with Crippen LogP contribution in [0.3, 0.4) is 0 Å². The fraction of sp³-hybridized carbons (Fsp3) is 0.571. The van der Waals surface area contributed by atoms with Crippen molar-refractivity contribution in [1.82, 2.24) is 15.5 Å². The molecule has 28 heavy (non-hydrogen) atoms. The highest BCUT2D eigenvalue weighted by Crippen LogP contribution is 2.14. The highest BCUT2D eigenvalue weighted by Gasteiger charge is 2.18. The van der Waals surface area contributed by atoms with Crippen molar-refractivity contribution in [1.29, 1.82) is 0 Å². The van der Waals surface area contributed by atoms with E-state index in [1.807, 2.05) is 29.2 Å². The molecule has 3 amide bonds. The monoisotopic (exact) mass is 389 g/mol. The van der Waals surface area contributed by atoms with Gasteiger partial charge in [-0.05, 0) is 57.7 Å². The number of carbonyl (C=O) groups excluding carboxylic acids is 3. The summed E-state index contributed by atoms with van der Waals surface area (Å²) in [5.74, 6) is -0.127. The van der Waals surface area contributed by atoms with E-state index in [1.165, 1.54) is 6.42 Å². The molecule has 2 rings (SSSR count). The molecule has 1 aromatic carbocycles. The lowest BCUT2D eigenvalue weighted by atomic mass is 10.1. The van der Waals surface area contributed by atoms with Gasteiger partial charge in [-0.2, -0.15) is 0 Å². The number of alkyl carbamates (subject to hydrolysis) is 1. The van der Waals surface area contributed by atoms with E-state index in [1.54, 1.807) is 20.8 Å². The van der Waals surface area contributed by atoms with Gasteiger partial charge in [-0.1, -0.05) is 12.1 Å². The molecule has 0 saturated carbocycles. The predicted molar refractivity (Wildman–Crippen MR) is 107 cm³/mol. The maximum Gasteiger partial charge on any atom is 0.407 e. The summed E-state index contributed by atoms with van der Waals surface area (Å²) < 4.78 is 5.12. The van der Waals surface area contributed by atoms with Crippen molar-refractivity contribution < 1.29 is 19.1 Å². The summed E-state index contributed by atoms with van der Waals surface area (Å²) in [6.45, 7) is 7.51. The first-order valence-corrected chi connectivity index (χ1v) is 9.86. The molecule has 1 fully saturated rings. The van der Waals surface area contributed by atoms with Gasteiger partial charge in [-0.3, -0.25) is 9.59 Å². The van der Waals surface area contributed by atoms with Gasteiger partial charge in [0.15, 0.2) is 0 Å². The number of likely N-dealkylation sites (tertiary alicyclic amines) is 1. The number of benzene rings is 1. The van der Waals surface area contributed by atoms with Crippen LogP contribution in [0.15, 0.2) is 24.3 Å². The van der Waals surface area contributed by atoms with Gasteiger partial charge >= 0.3 is 6.09 Å². The van der Waals surface area contributed by atoms with Gasteiger partial charge in [0.2, 0.25) is 5.91 Å². The Hall–Kier alpha value is -2.57. The van der Waals surface area contributed by atoms with Crippen molar-refractivity contribution in [3.8, 4) is 0 Å². The summed E-state index contributed by atoms with van der Waals surface area (Å²) in [7, 11) is 0. The third-order valence-electron chi connectivity index (χ3n) is 4.33. The number of nitrogens with zero attached hydrogens (tertiary/aromatic N) is 1. The van der Waals surface area contributed by atoms with Crippen molar-refractivity contribution in [3.63, 3.8) is 0 Å². The highest BCUT2D eigenvalue weighted by atomic mass is 16.6. The van der Waals surface area contributed by atoms with Crippen LogP contribution in [0.25, 0.3) is 0 Å². The van der Waals surface area contributed by atoms with E-state index >= 15 is 0 Å². The standard InChI is InChI=1S/C21H31N3O4/c1-21(2,3)28-20(27)22-11-10-18(25)23-15-16-8-7-9-17(14-16)19(26)24-12-5-4-6-13-24/h7-9,14H,4-6,10-13,15H2,1-3H3,(H,22,27)(H,23,25). The van der Waals surface area contributed by atoms with E-state index in [4.69, 9.17) is 4.74 Å². The number of ether oxygens (including phenoxy) is 1. The maximum atomic E-state index is 12.6. The lowest BCUT2D eigenvalue weighted by Crippen LogP contribution is -2.35. The second kappa shape index (κ2) is 10.1. The van der Waals surface area contributed by atoms with Crippen LogP contribution in [0.4, 0.5) is 4.79 Å². The van der Waals surface area contributed by atoms with Crippen molar-refractivity contribution in [2.24, 2.45) is 0 Å². The normalized spacial score (nSPS) is 14.3. The fourth-order valence-corrected chi connectivity index (χ4v) is 2.98. The van der Waals surface area contributed by atoms with Crippen molar-refractivity contribution in [3.05, 3.63) is 35.4 Å². The zero-order chi connectivity index (χ0) is 20.6. The van der Waals surface area contributed by atoms with E-state index in [2.05, 4.69) is 10.6 Å². The fourth-order valence-electron chi connectivity index (χ4n) is 2.98. The Balaban J connectivity index is 1.75. The lowest BCUT2D eigenvalue weighted by Gasteiger charge is -2.26. The number of nitrogens with one attached hydrogen (secondary N) is 2. The molecule has 0 bridgehead atoms. The minimum absolute atomic E-state index is 0.0504. The minimum Gasteiger partial charge on any atom is -0.444 e. The smallest absolute Gasteiger partial charge is 0.407 e. The lowest BCUT2D eigenvalue weighted by molar-refractivity contribution is -0.121. The summed E-state index contributed by atoms with van der Waals surface area (Å²) in [4.78, 5) is 38.0. The summed E-state index contributed by atoms with van der Waals surface area (Å²) >= 11 is 0. The van der Waals surface area contributed by atoms with Crippen molar-refractivity contribution in [2.45, 2.75) is 58.6 Å². The summed E-state index contributed by atoms with van der Waals surface area (Å²) in [6, 6.07) is 7.36. The third-order valence-corrected chi connectivity index (χ3v) is 4.33. The molecule has 0 unspecified atom stereocenters. The van der Waals surface area contributed by atoms with Crippen LogP contribution < -0.4 is 10.6 Å². The number of amides is 3. The second-order valence-electron chi connectivity index (χ2n) is 8.01. The molecule has 154 valence electrons. The first kappa shape index (κ1) is 21.7. The van der Waals surface area contributed by atoms with Gasteiger partial charge in [-0.15, -0.1) is 0 Å². The zero-order valence-electron chi connectivity index (χ0n) is 17.0. The number of rotatable bonds is 6. The molecule has 1 heterocycles. The Morgan fingerprint density at radius 2 is 1.79 bits per heavy atom. The van der Waals surface area contributed by atoms with E-state index in [-0.39, 0.29) is 24.8 Å². The molecular formula is C21H31N3O4. The molecule has 1 aromatic rings. The van der Waals surface area contributed by atoms with Crippen LogP contribution in [0, 0.1) is 0 Å². The Morgan fingerprint density at radius 3 is 2.46 bits per heavy atom. The van der Waals surface area contributed by atoms with Crippen LogP contribution in [0.1, 0.15) is 62.4 Å². The number of hydrogen-bond donors (Lipinski definition) is 2. The van der Waals surface area contributed by atoms with Crippen molar-refractivity contribution >= 4 is 17.9 Å². The van der Waals surface area contributed by atoms with Crippen LogP contribution in [0.5, 0.6) is 0 Å². The summed E-state index contributed by atoms with van der Waals surface area (Å²) in [5.41, 5.74) is 0.958. The van der Waals surface area contributed by atoms with Crippen LogP contribution in [0.2, 0.25) is 0 Å². The Kier molecular flexibility index (Phi) is 7.84. The quantitative estimate of drug-likeness (QED) is 0.783. The Labute approximate surface area is 166 Å². The van der Waals surface area contributed by atoms with Crippen molar-refractivity contribution in [2.75, 3.05) is 19.6 Å². The average Bonchev–Trinajstić information content (AvgIpc) is 2.65. The second-order valence-corrected chi connectivity index (χ2v) is 8.01. The Morgan fingerprint density at radius 1 is 1.07 bits per heavy atom. The molecule has 1 aliphatic heterocycles. The van der Waals surface area contributed by atoms with Gasteiger partial charge in [0.1, 0.15) is 5.60 Å². The summed E-state index contributed by atoms with van der Waals surface area (Å²) in [6.07, 6.45) is 2.91. The van der Waals surface area contributed by atoms with Crippen LogP contribution in [-0.2, 0) is 16.1 Å². The molecular weight excluding hydrogens is 358 g/mol. The largest absolute Gasteiger partial charge is 0.444 e. The molecule has 0 atom stereocenters. The van der Waals surface area contributed by atoms with Gasteiger partial charge in [0, 0.05) is 38.2 Å². The van der Waals surface area contributed by atoms with Gasteiger partial charge in [0.25, 0.3) is 5.91 Å². The molecule has 7 heteroatoms. The SMILES string of the molecule is CC(C)(C)OC(=O)NCCC(=O)NCc1cccc(C(=O)N2CCCCC2)c1. The topological polar surface area (TPSA) is 87.7 Å². The van der Waals surface area contributed by atoms with Gasteiger partial charge < -0.3 is 20.3 Å². The van der Waals surface area contributed by atoms with E-state index in [9.17, 15) is 14.4 Å². The van der Waals surface area contributed by atoms with Crippen LogP contribution in [-0.4, -0.2) is 48.0 Å². The molecule has 1 aliphatic rings. The van der Waals surface area contributed by atoms with E-state index in [0.29, 0.717) is 12.1 Å². The number of piperidine rings is 1. The summed E-state index contributed by atoms with van der Waals surface area (Å²) in [5, 5.41) is 5.37. The zero-order valence-corrected chi connectivity index (χ0v) is 17.0. The molecule has 0 radical (unpaired) electrons. The van der Waals surface area contributed by atoms with E-state index < -0.39 is 11.7 Å². The molecule has 0 aliphatic carbocycles. The number of hydrogen-bond acceptors (Lipinski definition) is 4. The molecule has 7 nitrogen and oxygen atoms in total. The highest BCUT2D eigenvalue weighted by molar-refractivity contribution is 5.94. The molecule has 0 aromatic heterocycles. The molecule has 1 saturated heterocycles. The van der Waals surface area contributed by atoms with E-state index in [0.717, 1.165) is 31.5 Å². The minimum atomic E-state index is -0.566. The number of carbonyl (C=O) groups is 3. The average molecular weight is 389 g/mol. The third kappa shape index (κ3) is 7.58. The molecule has 2 N–H and O–H groups in total. The first-order chi connectivity index (χ1) is 13.2. The van der Waals surface area contributed by atoms with Gasteiger partial charge in [0.05, 0.1) is 0 Å². The molecule has 0 spiro atoms. The Bertz CT molecular complexity index is 691. The van der Waals surface area contributed by atoms with Gasteiger partial charge in [-0.25, -0.2) is 4.79 Å². The van der Waals surface area contributed by atoms with Crippen LogP contribution >= 0.6 is 0 Å². The maximum absolute atomic E-state index is 12.6.